The van der Waals surface area contributed by atoms with Crippen LogP contribution in [-0.2, 0) is 20.0 Å². The minimum Gasteiger partial charge on any atom is -0.330 e. The largest absolute Gasteiger partial charge is 0.330 e. The van der Waals surface area contributed by atoms with Gasteiger partial charge in [0.25, 0.3) is 0 Å². The molecule has 1 heterocycles. The Morgan fingerprint density at radius 2 is 1.73 bits per heavy atom. The molecule has 1 aliphatic heterocycles. The van der Waals surface area contributed by atoms with Gasteiger partial charge >= 0.3 is 0 Å². The van der Waals surface area contributed by atoms with Gasteiger partial charge in [0.05, 0.1) is 9.79 Å². The molecule has 2 rings (SSSR count). The van der Waals surface area contributed by atoms with Gasteiger partial charge in [-0.3, -0.25) is 0 Å². The molecule has 150 valence electrons. The Hall–Kier alpha value is -0.710. The monoisotopic (exact) mass is 425 g/mol. The molecule has 7 nitrogen and oxygen atoms in total. The highest BCUT2D eigenvalue weighted by Crippen LogP contribution is 2.33. The first-order chi connectivity index (χ1) is 11.6. The van der Waals surface area contributed by atoms with Crippen LogP contribution in [0.4, 0.5) is 0 Å². The minimum atomic E-state index is -3.75. The van der Waals surface area contributed by atoms with Gasteiger partial charge in [-0.1, -0.05) is 26.8 Å². The number of hydrogen-bond acceptors (Lipinski definition) is 5. The van der Waals surface area contributed by atoms with Crippen LogP contribution < -0.4 is 5.73 Å². The Morgan fingerprint density at radius 1 is 1.15 bits per heavy atom. The maximum Gasteiger partial charge on any atom is 0.243 e. The highest BCUT2D eigenvalue weighted by Gasteiger charge is 2.39. The van der Waals surface area contributed by atoms with Gasteiger partial charge in [-0.2, -0.15) is 8.61 Å². The number of nitrogens with zero attached hydrogens (tertiary/aromatic N) is 2. The molecule has 0 aromatic heterocycles. The van der Waals surface area contributed by atoms with Crippen LogP contribution in [0.5, 0.6) is 0 Å². The molecule has 2 N–H and O–H groups in total. The molecule has 10 heteroatoms. The molecule has 0 amide bonds. The average molecular weight is 426 g/mol. The van der Waals surface area contributed by atoms with Crippen molar-refractivity contribution in [1.82, 2.24) is 8.61 Å². The Labute approximate surface area is 163 Å². The van der Waals surface area contributed by atoms with Gasteiger partial charge < -0.3 is 5.73 Å². The predicted molar refractivity (Wildman–Crippen MR) is 104 cm³/mol. The van der Waals surface area contributed by atoms with Gasteiger partial charge in [0, 0.05) is 26.2 Å². The lowest BCUT2D eigenvalue weighted by Gasteiger charge is -2.23. The van der Waals surface area contributed by atoms with E-state index in [0.717, 1.165) is 0 Å². The van der Waals surface area contributed by atoms with Crippen LogP contribution in [0, 0.1) is 5.41 Å². The fourth-order valence-corrected chi connectivity index (χ4v) is 6.22. The number of nitrogens with two attached hydrogens (primary N) is 1. The van der Waals surface area contributed by atoms with Crippen molar-refractivity contribution in [1.29, 1.82) is 0 Å². The Kier molecular flexibility index (Phi) is 7.66. The third-order valence-electron chi connectivity index (χ3n) is 4.80. The third-order valence-corrected chi connectivity index (χ3v) is 8.69. The van der Waals surface area contributed by atoms with Crippen molar-refractivity contribution in [2.45, 2.75) is 37.0 Å². The van der Waals surface area contributed by atoms with Gasteiger partial charge in [-0.05, 0) is 36.6 Å². The number of halogens is 1. The Balaban J connectivity index is 0.00000338. The third kappa shape index (κ3) is 4.40. The second-order valence-corrected chi connectivity index (χ2v) is 10.5. The van der Waals surface area contributed by atoms with Gasteiger partial charge in [0.15, 0.2) is 0 Å². The van der Waals surface area contributed by atoms with Crippen LogP contribution in [0.1, 0.15) is 27.2 Å². The van der Waals surface area contributed by atoms with Crippen molar-refractivity contribution in [3.05, 3.63) is 24.3 Å². The van der Waals surface area contributed by atoms with Gasteiger partial charge in [-0.25, -0.2) is 16.8 Å². The van der Waals surface area contributed by atoms with E-state index < -0.39 is 20.0 Å². The second-order valence-electron chi connectivity index (χ2n) is 6.67. The molecule has 0 saturated carbocycles. The molecule has 1 saturated heterocycles. The van der Waals surface area contributed by atoms with E-state index in [2.05, 4.69) is 0 Å². The van der Waals surface area contributed by atoms with E-state index in [1.165, 1.54) is 32.9 Å². The standard InChI is InChI=1S/C16H27N3O4S2.ClH/c1-4-18(5-2)24(20,21)14-7-6-8-15(11-14)25(22,23)19-10-9-16(3,12-17)13-19;/h6-8,11H,4-5,9-10,12-13,17H2,1-3H3;1H. The van der Waals surface area contributed by atoms with Crippen molar-refractivity contribution in [3.63, 3.8) is 0 Å². The summed E-state index contributed by atoms with van der Waals surface area (Å²) in [5.41, 5.74) is 5.51. The zero-order valence-corrected chi connectivity index (χ0v) is 17.8. The highest BCUT2D eigenvalue weighted by atomic mass is 35.5. The summed E-state index contributed by atoms with van der Waals surface area (Å²) in [6.45, 7) is 7.27. The number of benzene rings is 1. The Morgan fingerprint density at radius 3 is 2.23 bits per heavy atom. The van der Waals surface area contributed by atoms with Crippen LogP contribution in [0.3, 0.4) is 0 Å². The van der Waals surface area contributed by atoms with E-state index in [1.807, 2.05) is 6.92 Å². The summed E-state index contributed by atoms with van der Waals surface area (Å²) in [5, 5.41) is 0. The lowest BCUT2D eigenvalue weighted by molar-refractivity contribution is 0.349. The molecule has 1 aliphatic rings. The first kappa shape index (κ1) is 23.3. The van der Waals surface area contributed by atoms with E-state index >= 15 is 0 Å². The lowest BCUT2D eigenvalue weighted by atomic mass is 9.90. The SMILES string of the molecule is CCN(CC)S(=O)(=O)c1cccc(S(=O)(=O)N2CCC(C)(CN)C2)c1.Cl. The molecule has 1 aromatic rings. The normalized spacial score (nSPS) is 21.7. The first-order valence-electron chi connectivity index (χ1n) is 8.41. The van der Waals surface area contributed by atoms with Crippen LogP contribution in [0.15, 0.2) is 34.1 Å². The van der Waals surface area contributed by atoms with E-state index in [0.29, 0.717) is 39.1 Å². The quantitative estimate of drug-likeness (QED) is 0.713. The van der Waals surface area contributed by atoms with Crippen molar-refractivity contribution in [2.24, 2.45) is 11.1 Å². The molecule has 1 unspecified atom stereocenters. The zero-order valence-electron chi connectivity index (χ0n) is 15.4. The molecule has 0 spiro atoms. The Bertz CT molecular complexity index is 826. The molecule has 0 bridgehead atoms. The van der Waals surface area contributed by atoms with Crippen molar-refractivity contribution in [2.75, 3.05) is 32.7 Å². The maximum atomic E-state index is 12.9. The fourth-order valence-electron chi connectivity index (χ4n) is 3.01. The topological polar surface area (TPSA) is 101 Å². The van der Waals surface area contributed by atoms with E-state index in [1.54, 1.807) is 13.8 Å². The van der Waals surface area contributed by atoms with Crippen molar-refractivity contribution >= 4 is 32.5 Å². The molecular formula is C16H28ClN3O4S2. The molecule has 1 fully saturated rings. The molecule has 1 atom stereocenters. The molecule has 0 aliphatic carbocycles. The summed E-state index contributed by atoms with van der Waals surface area (Å²) in [7, 11) is -7.45. The predicted octanol–water partition coefficient (Wildman–Crippen LogP) is 1.50. The summed E-state index contributed by atoms with van der Waals surface area (Å²) in [5.74, 6) is 0. The number of rotatable bonds is 7. The van der Waals surface area contributed by atoms with Gasteiger partial charge in [0.2, 0.25) is 20.0 Å². The average Bonchev–Trinajstić information content (AvgIpc) is 3.00. The van der Waals surface area contributed by atoms with Crippen LogP contribution in [0.2, 0.25) is 0 Å². The van der Waals surface area contributed by atoms with E-state index in [9.17, 15) is 16.8 Å². The summed E-state index contributed by atoms with van der Waals surface area (Å²) in [6, 6.07) is 5.60. The summed E-state index contributed by atoms with van der Waals surface area (Å²) >= 11 is 0. The van der Waals surface area contributed by atoms with E-state index in [-0.39, 0.29) is 27.6 Å². The molecule has 1 aromatic carbocycles. The highest BCUT2D eigenvalue weighted by molar-refractivity contribution is 7.90. The summed E-state index contributed by atoms with van der Waals surface area (Å²) in [4.78, 5) is 0.0000566. The fraction of sp³-hybridized carbons (Fsp3) is 0.625. The zero-order chi connectivity index (χ0) is 18.9. The van der Waals surface area contributed by atoms with Gasteiger partial charge in [-0.15, -0.1) is 12.4 Å². The maximum absolute atomic E-state index is 12.9. The van der Waals surface area contributed by atoms with Crippen LogP contribution in [-0.4, -0.2) is 58.2 Å². The molecule has 0 radical (unpaired) electrons. The smallest absolute Gasteiger partial charge is 0.243 e. The molecular weight excluding hydrogens is 398 g/mol. The van der Waals surface area contributed by atoms with E-state index in [4.69, 9.17) is 5.73 Å². The first-order valence-corrected chi connectivity index (χ1v) is 11.3. The van der Waals surface area contributed by atoms with Gasteiger partial charge in [0.1, 0.15) is 0 Å². The molecule has 26 heavy (non-hydrogen) atoms. The number of sulfonamides is 2. The lowest BCUT2D eigenvalue weighted by Crippen LogP contribution is -2.34. The summed E-state index contributed by atoms with van der Waals surface area (Å²) in [6.07, 6.45) is 0.695. The number of hydrogen-bond donors (Lipinski definition) is 1. The second kappa shape index (κ2) is 8.53. The summed E-state index contributed by atoms with van der Waals surface area (Å²) < 4.78 is 53.8. The van der Waals surface area contributed by atoms with Crippen LogP contribution in [0.25, 0.3) is 0 Å². The van der Waals surface area contributed by atoms with Crippen molar-refractivity contribution < 1.29 is 16.8 Å². The van der Waals surface area contributed by atoms with Crippen molar-refractivity contribution in [3.8, 4) is 0 Å². The minimum absolute atomic E-state index is 0. The van der Waals surface area contributed by atoms with Crippen LogP contribution >= 0.6 is 12.4 Å².